The molecule has 0 fully saturated rings. The van der Waals surface area contributed by atoms with E-state index in [-0.39, 0.29) is 11.5 Å². The molecule has 0 unspecified atom stereocenters. The fraction of sp³-hybridized carbons (Fsp3) is 0.0526. The molecule has 0 aliphatic carbocycles. The van der Waals surface area contributed by atoms with E-state index >= 15 is 0 Å². The van der Waals surface area contributed by atoms with Gasteiger partial charge in [-0.05, 0) is 42.0 Å². The zero-order valence-corrected chi connectivity index (χ0v) is 13.9. The fourth-order valence-electron chi connectivity index (χ4n) is 2.19. The van der Waals surface area contributed by atoms with Gasteiger partial charge in [-0.2, -0.15) is 5.10 Å². The van der Waals surface area contributed by atoms with Crippen LogP contribution in [0.2, 0.25) is 0 Å². The van der Waals surface area contributed by atoms with Gasteiger partial charge in [0.15, 0.2) is 0 Å². The smallest absolute Gasteiger partial charge is 0.291 e. The monoisotopic (exact) mass is 350 g/mol. The van der Waals surface area contributed by atoms with Crippen LogP contribution < -0.4 is 10.2 Å². The average molecular weight is 350 g/mol. The van der Waals surface area contributed by atoms with E-state index in [4.69, 9.17) is 4.74 Å². The molecule has 1 aromatic heterocycles. The first-order chi connectivity index (χ1) is 12.7. The molecule has 0 atom stereocenters. The molecule has 0 aliphatic heterocycles. The normalized spacial score (nSPS) is 10.7. The van der Waals surface area contributed by atoms with Crippen molar-refractivity contribution in [1.29, 1.82) is 0 Å². The van der Waals surface area contributed by atoms with Gasteiger partial charge in [0.2, 0.25) is 0 Å². The minimum absolute atomic E-state index is 0.120. The average Bonchev–Trinajstić information content (AvgIpc) is 2.68. The van der Waals surface area contributed by atoms with Crippen LogP contribution in [-0.2, 0) is 0 Å². The third-order valence-electron chi connectivity index (χ3n) is 3.48. The molecule has 0 aliphatic rings. The third kappa shape index (κ3) is 4.27. The van der Waals surface area contributed by atoms with Crippen molar-refractivity contribution in [3.05, 3.63) is 78.0 Å². The van der Waals surface area contributed by atoms with E-state index in [0.717, 1.165) is 11.3 Å². The van der Waals surface area contributed by atoms with Crippen molar-refractivity contribution in [2.75, 3.05) is 7.11 Å². The number of nitrogens with zero attached hydrogens (tertiary/aromatic N) is 3. The molecule has 1 N–H and O–H groups in total. The van der Waals surface area contributed by atoms with E-state index in [0.29, 0.717) is 11.3 Å². The Morgan fingerprint density at radius 3 is 2.73 bits per heavy atom. The fourth-order valence-corrected chi connectivity index (χ4v) is 2.19. The SMILES string of the molecule is COc1ccc(-c2cncc(C(=O)NN=Cc3cccc(F)c3)n2)cc1. The largest absolute Gasteiger partial charge is 0.497 e. The van der Waals surface area contributed by atoms with Gasteiger partial charge >= 0.3 is 0 Å². The summed E-state index contributed by atoms with van der Waals surface area (Å²) < 4.78 is 18.2. The second-order valence-electron chi connectivity index (χ2n) is 5.27. The lowest BCUT2D eigenvalue weighted by molar-refractivity contribution is 0.0950. The Hall–Kier alpha value is -3.61. The predicted octanol–water partition coefficient (Wildman–Crippen LogP) is 3.06. The Morgan fingerprint density at radius 2 is 2.00 bits per heavy atom. The zero-order valence-electron chi connectivity index (χ0n) is 13.9. The molecular formula is C19H15FN4O2. The van der Waals surface area contributed by atoms with Gasteiger partial charge in [0.1, 0.15) is 17.3 Å². The van der Waals surface area contributed by atoms with Crippen molar-refractivity contribution in [3.8, 4) is 17.0 Å². The summed E-state index contributed by atoms with van der Waals surface area (Å²) in [6, 6.07) is 13.1. The number of carbonyl (C=O) groups excluding carboxylic acids is 1. The topological polar surface area (TPSA) is 76.5 Å². The van der Waals surface area contributed by atoms with Crippen molar-refractivity contribution in [1.82, 2.24) is 15.4 Å². The molecular weight excluding hydrogens is 335 g/mol. The minimum Gasteiger partial charge on any atom is -0.497 e. The van der Waals surface area contributed by atoms with Crippen LogP contribution in [-0.4, -0.2) is 29.2 Å². The number of amides is 1. The molecule has 0 saturated heterocycles. The molecule has 0 spiro atoms. The van der Waals surface area contributed by atoms with Gasteiger partial charge in [0.25, 0.3) is 5.91 Å². The molecule has 130 valence electrons. The molecule has 2 aromatic carbocycles. The summed E-state index contributed by atoms with van der Waals surface area (Å²) in [5.41, 5.74) is 4.35. The van der Waals surface area contributed by atoms with Crippen molar-refractivity contribution in [3.63, 3.8) is 0 Å². The summed E-state index contributed by atoms with van der Waals surface area (Å²) in [7, 11) is 1.59. The van der Waals surface area contributed by atoms with E-state index in [1.54, 1.807) is 37.6 Å². The number of rotatable bonds is 5. The van der Waals surface area contributed by atoms with Crippen LogP contribution in [0.25, 0.3) is 11.3 Å². The summed E-state index contributed by atoms with van der Waals surface area (Å²) in [5, 5.41) is 3.81. The Kier molecular flexibility index (Phi) is 5.28. The molecule has 6 nitrogen and oxygen atoms in total. The van der Waals surface area contributed by atoms with Crippen LogP contribution in [0, 0.1) is 5.82 Å². The van der Waals surface area contributed by atoms with Crippen molar-refractivity contribution in [2.45, 2.75) is 0 Å². The predicted molar refractivity (Wildman–Crippen MR) is 95.5 cm³/mol. The highest BCUT2D eigenvalue weighted by molar-refractivity contribution is 5.93. The molecule has 0 radical (unpaired) electrons. The second kappa shape index (κ2) is 7.98. The first-order valence-corrected chi connectivity index (χ1v) is 7.71. The van der Waals surface area contributed by atoms with Gasteiger partial charge in [0, 0.05) is 5.56 Å². The van der Waals surface area contributed by atoms with Crippen LogP contribution in [0.3, 0.4) is 0 Å². The van der Waals surface area contributed by atoms with Gasteiger partial charge in [0.05, 0.1) is 31.4 Å². The van der Waals surface area contributed by atoms with E-state index < -0.39 is 5.91 Å². The van der Waals surface area contributed by atoms with E-state index in [9.17, 15) is 9.18 Å². The number of aromatic nitrogens is 2. The summed E-state index contributed by atoms with van der Waals surface area (Å²) in [4.78, 5) is 20.5. The molecule has 26 heavy (non-hydrogen) atoms. The quantitative estimate of drug-likeness (QED) is 0.567. The highest BCUT2D eigenvalue weighted by Gasteiger charge is 2.09. The number of hydrogen-bond acceptors (Lipinski definition) is 5. The third-order valence-corrected chi connectivity index (χ3v) is 3.48. The maximum atomic E-state index is 13.1. The highest BCUT2D eigenvalue weighted by Crippen LogP contribution is 2.20. The summed E-state index contributed by atoms with van der Waals surface area (Å²) in [5.74, 6) is -0.166. The van der Waals surface area contributed by atoms with Crippen molar-refractivity contribution >= 4 is 12.1 Å². The Morgan fingerprint density at radius 1 is 1.19 bits per heavy atom. The van der Waals surface area contributed by atoms with Gasteiger partial charge in [-0.1, -0.05) is 12.1 Å². The number of ether oxygens (including phenoxy) is 1. The number of carbonyl (C=O) groups is 1. The van der Waals surface area contributed by atoms with Gasteiger partial charge in [-0.3, -0.25) is 9.78 Å². The Labute approximate surface area is 149 Å². The number of methoxy groups -OCH3 is 1. The molecule has 0 bridgehead atoms. The summed E-state index contributed by atoms with van der Waals surface area (Å²) in [6.45, 7) is 0. The first kappa shape index (κ1) is 17.2. The van der Waals surface area contributed by atoms with E-state index in [2.05, 4.69) is 20.5 Å². The lowest BCUT2D eigenvalue weighted by Crippen LogP contribution is -2.19. The standard InChI is InChI=1S/C19H15FN4O2/c1-26-16-7-5-14(6-8-16)17-11-21-12-18(23-17)19(25)24-22-10-13-3-2-4-15(20)9-13/h2-12H,1H3,(H,24,25). The van der Waals surface area contributed by atoms with Gasteiger partial charge in [-0.25, -0.2) is 14.8 Å². The maximum Gasteiger partial charge on any atom is 0.291 e. The molecule has 0 saturated carbocycles. The van der Waals surface area contributed by atoms with Crippen LogP contribution in [0.5, 0.6) is 5.75 Å². The van der Waals surface area contributed by atoms with E-state index in [1.807, 2.05) is 12.1 Å². The van der Waals surface area contributed by atoms with Crippen LogP contribution in [0.4, 0.5) is 4.39 Å². The zero-order chi connectivity index (χ0) is 18.4. The Bertz CT molecular complexity index is 942. The lowest BCUT2D eigenvalue weighted by Gasteiger charge is -2.04. The van der Waals surface area contributed by atoms with Crippen LogP contribution in [0.15, 0.2) is 66.0 Å². The number of benzene rings is 2. The van der Waals surface area contributed by atoms with Crippen LogP contribution in [0.1, 0.15) is 16.1 Å². The maximum absolute atomic E-state index is 13.1. The lowest BCUT2D eigenvalue weighted by atomic mass is 10.1. The van der Waals surface area contributed by atoms with Crippen molar-refractivity contribution < 1.29 is 13.9 Å². The van der Waals surface area contributed by atoms with Crippen LogP contribution >= 0.6 is 0 Å². The summed E-state index contributed by atoms with van der Waals surface area (Å²) >= 11 is 0. The van der Waals surface area contributed by atoms with Gasteiger partial charge < -0.3 is 4.74 Å². The number of hydrazone groups is 1. The Balaban J connectivity index is 1.71. The van der Waals surface area contributed by atoms with Crippen molar-refractivity contribution in [2.24, 2.45) is 5.10 Å². The number of hydrogen-bond donors (Lipinski definition) is 1. The van der Waals surface area contributed by atoms with E-state index in [1.165, 1.54) is 24.5 Å². The summed E-state index contributed by atoms with van der Waals surface area (Å²) in [6.07, 6.45) is 4.26. The molecule has 7 heteroatoms. The first-order valence-electron chi connectivity index (χ1n) is 7.71. The van der Waals surface area contributed by atoms with Gasteiger partial charge in [-0.15, -0.1) is 0 Å². The molecule has 3 aromatic rings. The molecule has 1 amide bonds. The highest BCUT2D eigenvalue weighted by atomic mass is 19.1. The second-order valence-corrected chi connectivity index (χ2v) is 5.27. The minimum atomic E-state index is -0.513. The number of nitrogens with one attached hydrogen (secondary N) is 1. The number of halogens is 1. The molecule has 1 heterocycles. The molecule has 3 rings (SSSR count).